The lowest BCUT2D eigenvalue weighted by Crippen LogP contribution is -2.56. The largest absolute Gasteiger partial charge is 0.493 e. The van der Waals surface area contributed by atoms with E-state index < -0.39 is 30.0 Å². The van der Waals surface area contributed by atoms with Crippen molar-refractivity contribution in [2.24, 2.45) is 0 Å². The molecule has 1 fully saturated rings. The highest BCUT2D eigenvalue weighted by atomic mass is 16.7. The predicted octanol–water partition coefficient (Wildman–Crippen LogP) is 1.78. The molecule has 1 saturated heterocycles. The molecule has 1 N–H and O–H groups in total. The molecule has 0 radical (unpaired) electrons. The van der Waals surface area contributed by atoms with E-state index in [0.717, 1.165) is 0 Å². The fourth-order valence-corrected chi connectivity index (χ4v) is 2.81. The smallest absolute Gasteiger partial charge is 0.329 e. The Bertz CT molecular complexity index is 687. The van der Waals surface area contributed by atoms with Gasteiger partial charge in [-0.1, -0.05) is 18.2 Å². The standard InChI is InChI=1S/C19H23NO6/c1-12(20-17(21)13-7-5-4-6-8-13)18(22)25-14-9-10-23-15-11-24-19(2,3)26-16(14)15/h4-10,12,14-16H,11H2,1-3H3,(H,20,21)/t12?,14-,15+,16-/m0/s1. The van der Waals surface area contributed by atoms with E-state index >= 15 is 0 Å². The Morgan fingerprint density at radius 1 is 1.27 bits per heavy atom. The molecule has 2 aliphatic heterocycles. The molecule has 0 bridgehead atoms. The lowest BCUT2D eigenvalue weighted by atomic mass is 10.0. The highest BCUT2D eigenvalue weighted by Gasteiger charge is 2.44. The molecule has 1 unspecified atom stereocenters. The van der Waals surface area contributed by atoms with Crippen LogP contribution in [0.4, 0.5) is 0 Å². The van der Waals surface area contributed by atoms with Gasteiger partial charge in [-0.15, -0.1) is 0 Å². The number of ether oxygens (including phenoxy) is 4. The second kappa shape index (κ2) is 7.47. The van der Waals surface area contributed by atoms with Crippen molar-refractivity contribution < 1.29 is 28.5 Å². The number of rotatable bonds is 4. The van der Waals surface area contributed by atoms with Gasteiger partial charge in [-0.3, -0.25) is 4.79 Å². The Morgan fingerprint density at radius 3 is 2.73 bits per heavy atom. The van der Waals surface area contributed by atoms with Crippen LogP contribution < -0.4 is 5.32 Å². The van der Waals surface area contributed by atoms with Gasteiger partial charge >= 0.3 is 5.97 Å². The summed E-state index contributed by atoms with van der Waals surface area (Å²) in [7, 11) is 0. The van der Waals surface area contributed by atoms with Gasteiger partial charge < -0.3 is 24.3 Å². The van der Waals surface area contributed by atoms with Crippen LogP contribution in [0, 0.1) is 0 Å². The summed E-state index contributed by atoms with van der Waals surface area (Å²) in [5.74, 6) is -1.66. The summed E-state index contributed by atoms with van der Waals surface area (Å²) in [4.78, 5) is 24.6. The summed E-state index contributed by atoms with van der Waals surface area (Å²) in [5, 5.41) is 2.64. The highest BCUT2D eigenvalue weighted by Crippen LogP contribution is 2.30. The summed E-state index contributed by atoms with van der Waals surface area (Å²) >= 11 is 0. The SMILES string of the molecule is CC(NC(=O)c1ccccc1)C(=O)O[C@H]1C=CO[C@@H]2COC(C)(C)O[C@@H]12. The van der Waals surface area contributed by atoms with Crippen LogP contribution >= 0.6 is 0 Å². The zero-order chi connectivity index (χ0) is 18.7. The molecule has 140 valence electrons. The number of carbonyl (C=O) groups excluding carboxylic acids is 2. The minimum Gasteiger partial charge on any atom is -0.493 e. The van der Waals surface area contributed by atoms with Gasteiger partial charge in [0.1, 0.15) is 12.1 Å². The van der Waals surface area contributed by atoms with E-state index in [2.05, 4.69) is 5.32 Å². The molecular formula is C19H23NO6. The molecule has 3 rings (SSSR count). The van der Waals surface area contributed by atoms with Crippen molar-refractivity contribution in [3.8, 4) is 0 Å². The maximum absolute atomic E-state index is 12.4. The number of esters is 1. The monoisotopic (exact) mass is 361 g/mol. The summed E-state index contributed by atoms with van der Waals surface area (Å²) in [6.07, 6.45) is 1.69. The topological polar surface area (TPSA) is 83.1 Å². The summed E-state index contributed by atoms with van der Waals surface area (Å²) in [5.41, 5.74) is 0.479. The first kappa shape index (κ1) is 18.4. The molecule has 1 amide bonds. The van der Waals surface area contributed by atoms with Crippen LogP contribution in [0.1, 0.15) is 31.1 Å². The minimum absolute atomic E-state index is 0.334. The van der Waals surface area contributed by atoms with E-state index in [1.165, 1.54) is 6.26 Å². The molecule has 1 aromatic carbocycles. The molecule has 0 spiro atoms. The Hall–Kier alpha value is -2.38. The molecule has 2 heterocycles. The molecule has 0 aliphatic carbocycles. The van der Waals surface area contributed by atoms with Crippen molar-refractivity contribution in [3.05, 3.63) is 48.2 Å². The van der Waals surface area contributed by atoms with E-state index in [-0.39, 0.29) is 12.0 Å². The van der Waals surface area contributed by atoms with Crippen LogP contribution in [0.25, 0.3) is 0 Å². The van der Waals surface area contributed by atoms with Crippen molar-refractivity contribution >= 4 is 11.9 Å². The molecule has 1 aromatic rings. The lowest BCUT2D eigenvalue weighted by molar-refractivity contribution is -0.319. The van der Waals surface area contributed by atoms with E-state index in [9.17, 15) is 9.59 Å². The van der Waals surface area contributed by atoms with Gasteiger partial charge in [0, 0.05) is 5.56 Å². The summed E-state index contributed by atoms with van der Waals surface area (Å²) in [6, 6.07) is 7.89. The van der Waals surface area contributed by atoms with Gasteiger partial charge in [-0.25, -0.2) is 4.79 Å². The zero-order valence-electron chi connectivity index (χ0n) is 15.0. The van der Waals surface area contributed by atoms with Crippen molar-refractivity contribution in [2.45, 2.75) is 50.9 Å². The Labute approximate surface area is 152 Å². The van der Waals surface area contributed by atoms with Crippen LogP contribution in [0.15, 0.2) is 42.7 Å². The zero-order valence-corrected chi connectivity index (χ0v) is 15.0. The van der Waals surface area contributed by atoms with Crippen LogP contribution in [0.3, 0.4) is 0 Å². The van der Waals surface area contributed by atoms with Crippen molar-refractivity contribution in [1.82, 2.24) is 5.32 Å². The number of hydrogen-bond donors (Lipinski definition) is 1. The van der Waals surface area contributed by atoms with Gasteiger partial charge in [0.05, 0.1) is 12.9 Å². The molecule has 4 atom stereocenters. The quantitative estimate of drug-likeness (QED) is 0.823. The number of amides is 1. The van der Waals surface area contributed by atoms with E-state index in [1.54, 1.807) is 51.1 Å². The Balaban J connectivity index is 1.60. The van der Waals surface area contributed by atoms with E-state index in [1.807, 2.05) is 6.07 Å². The molecule has 2 aliphatic rings. The van der Waals surface area contributed by atoms with E-state index in [4.69, 9.17) is 18.9 Å². The average molecular weight is 361 g/mol. The summed E-state index contributed by atoms with van der Waals surface area (Å²) in [6.45, 7) is 5.51. The Kier molecular flexibility index (Phi) is 5.29. The van der Waals surface area contributed by atoms with Crippen molar-refractivity contribution in [3.63, 3.8) is 0 Å². The Morgan fingerprint density at radius 2 is 2.00 bits per heavy atom. The average Bonchev–Trinajstić information content (AvgIpc) is 2.62. The number of benzene rings is 1. The lowest BCUT2D eigenvalue weighted by Gasteiger charge is -2.44. The number of nitrogens with one attached hydrogen (secondary N) is 1. The van der Waals surface area contributed by atoms with Crippen LogP contribution in [-0.2, 0) is 23.7 Å². The maximum Gasteiger partial charge on any atom is 0.329 e. The van der Waals surface area contributed by atoms with Crippen molar-refractivity contribution in [2.75, 3.05) is 6.61 Å². The molecule has 26 heavy (non-hydrogen) atoms. The van der Waals surface area contributed by atoms with E-state index in [0.29, 0.717) is 12.2 Å². The van der Waals surface area contributed by atoms with Crippen LogP contribution in [-0.4, -0.2) is 48.6 Å². The number of carbonyl (C=O) groups is 2. The van der Waals surface area contributed by atoms with Gasteiger partial charge in [-0.05, 0) is 39.0 Å². The van der Waals surface area contributed by atoms with Gasteiger partial charge in [-0.2, -0.15) is 0 Å². The first-order chi connectivity index (χ1) is 12.4. The maximum atomic E-state index is 12.4. The van der Waals surface area contributed by atoms with Crippen LogP contribution in [0.2, 0.25) is 0 Å². The fourth-order valence-electron chi connectivity index (χ4n) is 2.81. The third-order valence-corrected chi connectivity index (χ3v) is 4.22. The third kappa shape index (κ3) is 4.23. The van der Waals surface area contributed by atoms with Gasteiger partial charge in [0.25, 0.3) is 5.91 Å². The molecule has 0 aromatic heterocycles. The van der Waals surface area contributed by atoms with Crippen LogP contribution in [0.5, 0.6) is 0 Å². The molecule has 0 saturated carbocycles. The highest BCUT2D eigenvalue weighted by molar-refractivity contribution is 5.96. The summed E-state index contributed by atoms with van der Waals surface area (Å²) < 4.78 is 22.4. The second-order valence-corrected chi connectivity index (χ2v) is 6.76. The number of fused-ring (bicyclic) bond motifs is 1. The molecule has 7 heteroatoms. The molecule has 7 nitrogen and oxygen atoms in total. The van der Waals surface area contributed by atoms with Crippen molar-refractivity contribution in [1.29, 1.82) is 0 Å². The fraction of sp³-hybridized carbons (Fsp3) is 0.474. The van der Waals surface area contributed by atoms with Gasteiger partial charge in [0.15, 0.2) is 18.0 Å². The predicted molar refractivity (Wildman–Crippen MR) is 92.2 cm³/mol. The second-order valence-electron chi connectivity index (χ2n) is 6.76. The molecular weight excluding hydrogens is 338 g/mol. The first-order valence-corrected chi connectivity index (χ1v) is 8.56. The van der Waals surface area contributed by atoms with Gasteiger partial charge in [0.2, 0.25) is 0 Å². The third-order valence-electron chi connectivity index (χ3n) is 4.22. The minimum atomic E-state index is -0.801. The number of hydrogen-bond acceptors (Lipinski definition) is 6. The normalized spacial score (nSPS) is 27.6. The first-order valence-electron chi connectivity index (χ1n) is 8.56.